The topological polar surface area (TPSA) is 88.7 Å². The van der Waals surface area contributed by atoms with Crippen molar-refractivity contribution in [3.63, 3.8) is 0 Å². The summed E-state index contributed by atoms with van der Waals surface area (Å²) in [4.78, 5) is 12.1. The van der Waals surface area contributed by atoms with Gasteiger partial charge in [-0.05, 0) is 54.0 Å². The van der Waals surface area contributed by atoms with Crippen molar-refractivity contribution < 1.29 is 0 Å². The van der Waals surface area contributed by atoms with Gasteiger partial charge in [0.25, 0.3) is 6.71 Å². The van der Waals surface area contributed by atoms with Gasteiger partial charge >= 0.3 is 0 Å². The number of aromatic nitrogens is 2. The Morgan fingerprint density at radius 3 is 2.76 bits per heavy atom. The number of fused-ring (bicyclic) bond motifs is 1. The predicted octanol–water partition coefficient (Wildman–Crippen LogP) is 5.18. The first-order valence-electron chi connectivity index (χ1n) is 12.4. The van der Waals surface area contributed by atoms with Gasteiger partial charge < -0.3 is 15.6 Å². The lowest BCUT2D eigenvalue weighted by Gasteiger charge is -2.23. The fraction of sp³-hybridized carbons (Fsp3) is 0.407. The highest BCUT2D eigenvalue weighted by Crippen LogP contribution is 2.62. The highest BCUT2D eigenvalue weighted by molar-refractivity contribution is 6.72. The van der Waals surface area contributed by atoms with Gasteiger partial charge in [0.15, 0.2) is 0 Å². The van der Waals surface area contributed by atoms with Gasteiger partial charge in [0, 0.05) is 43.5 Å². The van der Waals surface area contributed by atoms with Gasteiger partial charge in [-0.2, -0.15) is 0 Å². The van der Waals surface area contributed by atoms with Crippen molar-refractivity contribution in [2.75, 3.05) is 25.0 Å². The van der Waals surface area contributed by atoms with E-state index in [1.54, 1.807) is 6.08 Å². The first-order chi connectivity index (χ1) is 16.6. The second kappa shape index (κ2) is 9.10. The van der Waals surface area contributed by atoms with Gasteiger partial charge in [-0.1, -0.05) is 38.7 Å². The van der Waals surface area contributed by atoms with E-state index < -0.39 is 0 Å². The van der Waals surface area contributed by atoms with Crippen molar-refractivity contribution in [3.05, 3.63) is 60.0 Å². The van der Waals surface area contributed by atoms with Crippen LogP contribution in [0.2, 0.25) is 11.1 Å². The Balaban J connectivity index is 1.34. The van der Waals surface area contributed by atoms with Gasteiger partial charge in [0.1, 0.15) is 5.82 Å². The largest absolute Gasteiger partial charge is 0.393 e. The normalized spacial score (nSPS) is 22.1. The van der Waals surface area contributed by atoms with E-state index >= 15 is 0 Å². The third-order valence-electron chi connectivity index (χ3n) is 7.63. The summed E-state index contributed by atoms with van der Waals surface area (Å²) in [5.74, 6) is 4.10. The second-order valence-electron chi connectivity index (χ2n) is 9.85. The number of anilines is 1. The maximum Gasteiger partial charge on any atom is 0.279 e. The van der Waals surface area contributed by atoms with Crippen LogP contribution in [0.5, 0.6) is 0 Å². The van der Waals surface area contributed by atoms with Crippen molar-refractivity contribution >= 4 is 34.8 Å². The highest BCUT2D eigenvalue weighted by Gasteiger charge is 2.55. The molecule has 1 aliphatic heterocycles. The fourth-order valence-corrected chi connectivity index (χ4v) is 5.72. The number of allylic oxidation sites excluding steroid dienone is 5. The smallest absolute Gasteiger partial charge is 0.279 e. The molecule has 1 saturated heterocycles. The van der Waals surface area contributed by atoms with Crippen LogP contribution in [0.3, 0.4) is 0 Å². The molecule has 6 nitrogen and oxygen atoms in total. The molecule has 34 heavy (non-hydrogen) atoms. The number of pyridine rings is 2. The summed E-state index contributed by atoms with van der Waals surface area (Å²) >= 11 is 0. The molecule has 2 N–H and O–H groups in total. The molecule has 2 aliphatic carbocycles. The lowest BCUT2D eigenvalue weighted by Crippen LogP contribution is -2.30. The van der Waals surface area contributed by atoms with Crippen LogP contribution in [0.25, 0.3) is 16.6 Å². The molecule has 2 aromatic rings. The van der Waals surface area contributed by atoms with E-state index in [9.17, 15) is 5.26 Å². The minimum atomic E-state index is 0.169. The molecule has 0 bridgehead atoms. The van der Waals surface area contributed by atoms with Crippen LogP contribution in [0.4, 0.5) is 5.82 Å². The molecule has 1 unspecified atom stereocenters. The molecule has 0 aromatic carbocycles. The van der Waals surface area contributed by atoms with Gasteiger partial charge in [0.05, 0.1) is 22.4 Å². The van der Waals surface area contributed by atoms with Gasteiger partial charge in [-0.15, -0.1) is 0 Å². The zero-order chi connectivity index (χ0) is 23.7. The molecule has 0 amide bonds. The van der Waals surface area contributed by atoms with Crippen molar-refractivity contribution in [2.45, 2.75) is 50.2 Å². The Labute approximate surface area is 202 Å². The summed E-state index contributed by atoms with van der Waals surface area (Å²) in [6, 6.07) is 8.15. The average molecular weight is 450 g/mol. The number of nitrogens with zero attached hydrogens (tertiary/aromatic N) is 4. The molecule has 5 rings (SSSR count). The maximum absolute atomic E-state index is 9.96. The molecule has 1 atom stereocenters. The molecule has 3 aliphatic rings. The van der Waals surface area contributed by atoms with Crippen LogP contribution >= 0.6 is 0 Å². The summed E-state index contributed by atoms with van der Waals surface area (Å²) in [7, 11) is 1.84. The minimum absolute atomic E-state index is 0.169. The highest BCUT2D eigenvalue weighted by atomic mass is 15.2. The lowest BCUT2D eigenvalue weighted by molar-refractivity contribution is 0.695. The first-order valence-corrected chi connectivity index (χ1v) is 12.4. The number of hydrogen-bond donors (Lipinski definition) is 2. The molecule has 7 heteroatoms. The first kappa shape index (κ1) is 22.4. The van der Waals surface area contributed by atoms with Gasteiger partial charge in [-0.25, -0.2) is 15.2 Å². The second-order valence-corrected chi connectivity index (χ2v) is 9.85. The Kier molecular flexibility index (Phi) is 5.99. The zero-order valence-electron chi connectivity index (χ0n) is 20.0. The van der Waals surface area contributed by atoms with E-state index in [1.165, 1.54) is 19.3 Å². The van der Waals surface area contributed by atoms with Crippen LogP contribution in [0, 0.1) is 16.6 Å². The SMILES string of the molecule is CCCC1(B(C#N)C2CCN(c3ccc4nc(C5=C/C(=C/NC)C(=N)C=C5)ccc4n3)C2)CC1. The number of nitriles is 1. The van der Waals surface area contributed by atoms with Crippen LogP contribution < -0.4 is 10.2 Å². The molecule has 1 saturated carbocycles. The molecule has 3 heterocycles. The van der Waals surface area contributed by atoms with E-state index in [1.807, 2.05) is 37.5 Å². The quantitative estimate of drug-likeness (QED) is 0.568. The Morgan fingerprint density at radius 1 is 1.24 bits per heavy atom. The number of hydrogen-bond acceptors (Lipinski definition) is 6. The van der Waals surface area contributed by atoms with Gasteiger partial charge in [-0.3, -0.25) is 0 Å². The molecular formula is C27H31BN6. The van der Waals surface area contributed by atoms with Crippen molar-refractivity contribution in [1.82, 2.24) is 15.3 Å². The maximum atomic E-state index is 9.96. The molecule has 172 valence electrons. The molecular weight excluding hydrogens is 419 g/mol. The third-order valence-corrected chi connectivity index (χ3v) is 7.63. The Morgan fingerprint density at radius 2 is 2.03 bits per heavy atom. The molecule has 0 radical (unpaired) electrons. The lowest BCUT2D eigenvalue weighted by atomic mass is 9.32. The van der Waals surface area contributed by atoms with E-state index in [4.69, 9.17) is 15.4 Å². The number of nitrogens with one attached hydrogen (secondary N) is 2. The summed E-state index contributed by atoms with van der Waals surface area (Å²) in [6.07, 6.45) is 13.4. The van der Waals surface area contributed by atoms with E-state index in [0.29, 0.717) is 11.5 Å². The predicted molar refractivity (Wildman–Crippen MR) is 140 cm³/mol. The molecule has 0 spiro atoms. The summed E-state index contributed by atoms with van der Waals surface area (Å²) < 4.78 is 0. The van der Waals surface area contributed by atoms with Gasteiger partial charge in [0.2, 0.25) is 0 Å². The minimum Gasteiger partial charge on any atom is -0.393 e. The summed E-state index contributed by atoms with van der Waals surface area (Å²) in [5.41, 5.74) is 4.91. The van der Waals surface area contributed by atoms with Crippen LogP contribution in [-0.2, 0) is 0 Å². The van der Waals surface area contributed by atoms with E-state index in [0.717, 1.165) is 59.6 Å². The van der Waals surface area contributed by atoms with Crippen molar-refractivity contribution in [1.29, 1.82) is 10.7 Å². The van der Waals surface area contributed by atoms with Crippen molar-refractivity contribution in [2.24, 2.45) is 0 Å². The third kappa shape index (κ3) is 4.14. The number of rotatable bonds is 7. The Hall–Kier alpha value is -3.40. The average Bonchev–Trinajstić information content (AvgIpc) is 3.46. The molecule has 2 aromatic heterocycles. The van der Waals surface area contributed by atoms with Crippen molar-refractivity contribution in [3.8, 4) is 5.97 Å². The van der Waals surface area contributed by atoms with Crippen LogP contribution in [0.1, 0.15) is 44.7 Å². The molecule has 2 fully saturated rings. The summed E-state index contributed by atoms with van der Waals surface area (Å²) in [6.45, 7) is 4.28. The van der Waals surface area contributed by atoms with E-state index in [2.05, 4.69) is 35.2 Å². The van der Waals surface area contributed by atoms with Crippen LogP contribution in [-0.4, -0.2) is 42.5 Å². The Bertz CT molecular complexity index is 1250. The summed E-state index contributed by atoms with van der Waals surface area (Å²) in [5, 5.41) is 21.3. The fourth-order valence-electron chi connectivity index (χ4n) is 5.72. The monoisotopic (exact) mass is 450 g/mol. The van der Waals surface area contributed by atoms with Crippen LogP contribution in [0.15, 0.2) is 54.3 Å². The van der Waals surface area contributed by atoms with E-state index in [-0.39, 0.29) is 12.0 Å². The standard InChI is InChI=1S/C27H31BN6/c1-3-11-27(12-13-27)28(18-29)21-10-14-34(17-21)26-9-8-24-25(33-26)7-6-23(32-24)19-4-5-22(30)20(15-19)16-31-2/h4-9,15-16,21,30-31H,3,10-14,17H2,1-2H3/b20-16-,30-22?. The zero-order valence-corrected chi connectivity index (χ0v) is 20.0.